The molecule has 0 aliphatic carbocycles. The fourth-order valence-electron chi connectivity index (χ4n) is 1.83. The highest BCUT2D eigenvalue weighted by Crippen LogP contribution is 2.16. The van der Waals surface area contributed by atoms with Crippen LogP contribution in [0.25, 0.3) is 0 Å². The highest BCUT2D eigenvalue weighted by molar-refractivity contribution is 5.42. The maximum absolute atomic E-state index is 11.5. The maximum Gasteiger partial charge on any atom is 0.250 e. The second kappa shape index (κ2) is 5.49. The molecule has 1 atom stereocenters. The second-order valence-corrected chi connectivity index (χ2v) is 4.19. The summed E-state index contributed by atoms with van der Waals surface area (Å²) in [6.07, 6.45) is 5.44. The monoisotopic (exact) mass is 243 g/mol. The molecule has 0 aliphatic heterocycles. The van der Waals surface area contributed by atoms with Crippen molar-refractivity contribution < 1.29 is 0 Å². The van der Waals surface area contributed by atoms with E-state index in [-0.39, 0.29) is 11.6 Å². The van der Waals surface area contributed by atoms with Crippen LogP contribution in [0.3, 0.4) is 0 Å². The molecule has 1 unspecified atom stereocenters. The highest BCUT2D eigenvalue weighted by atomic mass is 16.1. The Morgan fingerprint density at radius 3 is 2.89 bits per heavy atom. The van der Waals surface area contributed by atoms with E-state index in [4.69, 9.17) is 0 Å². The van der Waals surface area contributed by atoms with E-state index in [2.05, 4.69) is 17.2 Å². The van der Waals surface area contributed by atoms with E-state index in [1.165, 1.54) is 0 Å². The Balaban J connectivity index is 2.17. The summed E-state index contributed by atoms with van der Waals surface area (Å²) in [5, 5.41) is 3.36. The van der Waals surface area contributed by atoms with E-state index >= 15 is 0 Å². The van der Waals surface area contributed by atoms with E-state index in [0.717, 1.165) is 11.3 Å². The summed E-state index contributed by atoms with van der Waals surface area (Å²) in [6, 6.07) is 7.49. The lowest BCUT2D eigenvalue weighted by Gasteiger charge is -2.16. The number of aryl methyl sites for hydroxylation is 1. The molecule has 1 N–H and O–H groups in total. The van der Waals surface area contributed by atoms with E-state index in [0.29, 0.717) is 6.54 Å². The van der Waals surface area contributed by atoms with Gasteiger partial charge in [-0.3, -0.25) is 9.78 Å². The van der Waals surface area contributed by atoms with Gasteiger partial charge in [-0.15, -0.1) is 0 Å². The van der Waals surface area contributed by atoms with Gasteiger partial charge in [0.2, 0.25) is 0 Å². The van der Waals surface area contributed by atoms with Crippen LogP contribution >= 0.6 is 0 Å². The van der Waals surface area contributed by atoms with Crippen LogP contribution < -0.4 is 10.9 Å². The zero-order valence-corrected chi connectivity index (χ0v) is 10.6. The van der Waals surface area contributed by atoms with Crippen molar-refractivity contribution in [3.05, 3.63) is 58.8 Å². The fraction of sp³-hybridized carbons (Fsp3) is 0.286. The van der Waals surface area contributed by atoms with Crippen LogP contribution in [0.1, 0.15) is 25.5 Å². The molecular formula is C14H17N3O. The number of nitrogens with zero attached hydrogens (tertiary/aromatic N) is 2. The van der Waals surface area contributed by atoms with Gasteiger partial charge in [0.25, 0.3) is 5.56 Å². The van der Waals surface area contributed by atoms with Gasteiger partial charge in [0.1, 0.15) is 0 Å². The molecular weight excluding hydrogens is 226 g/mol. The van der Waals surface area contributed by atoms with E-state index in [1.54, 1.807) is 22.9 Å². The van der Waals surface area contributed by atoms with E-state index < -0.39 is 0 Å². The molecule has 2 rings (SSSR count). The smallest absolute Gasteiger partial charge is 0.250 e. The van der Waals surface area contributed by atoms with Crippen molar-refractivity contribution in [2.24, 2.45) is 0 Å². The number of anilines is 1. The Morgan fingerprint density at radius 2 is 2.22 bits per heavy atom. The van der Waals surface area contributed by atoms with Gasteiger partial charge >= 0.3 is 0 Å². The lowest BCUT2D eigenvalue weighted by molar-refractivity contribution is 0.725. The minimum Gasteiger partial charge on any atom is -0.377 e. The molecule has 0 spiro atoms. The average molecular weight is 243 g/mol. The topological polar surface area (TPSA) is 46.9 Å². The van der Waals surface area contributed by atoms with Gasteiger partial charge in [-0.1, -0.05) is 6.07 Å². The van der Waals surface area contributed by atoms with Crippen LogP contribution in [0.5, 0.6) is 0 Å². The van der Waals surface area contributed by atoms with Crippen LogP contribution in [0, 0.1) is 0 Å². The average Bonchev–Trinajstić information content (AvgIpc) is 2.42. The summed E-state index contributed by atoms with van der Waals surface area (Å²) in [4.78, 5) is 15.6. The zero-order chi connectivity index (χ0) is 13.0. The van der Waals surface area contributed by atoms with Crippen molar-refractivity contribution in [1.82, 2.24) is 9.55 Å². The molecule has 4 heteroatoms. The number of aromatic nitrogens is 2. The van der Waals surface area contributed by atoms with Crippen molar-refractivity contribution in [3.8, 4) is 0 Å². The van der Waals surface area contributed by atoms with Gasteiger partial charge in [0.15, 0.2) is 0 Å². The van der Waals surface area contributed by atoms with Crippen molar-refractivity contribution in [3.63, 3.8) is 0 Å². The lowest BCUT2D eigenvalue weighted by Crippen LogP contribution is -2.18. The zero-order valence-electron chi connectivity index (χ0n) is 10.6. The molecule has 4 nitrogen and oxygen atoms in total. The summed E-state index contributed by atoms with van der Waals surface area (Å²) < 4.78 is 1.68. The van der Waals surface area contributed by atoms with E-state index in [1.807, 2.05) is 31.5 Å². The van der Waals surface area contributed by atoms with Crippen molar-refractivity contribution in [2.75, 3.05) is 5.32 Å². The maximum atomic E-state index is 11.5. The van der Waals surface area contributed by atoms with Gasteiger partial charge < -0.3 is 9.88 Å². The third kappa shape index (κ3) is 2.77. The van der Waals surface area contributed by atoms with Gasteiger partial charge in [-0.05, 0) is 31.5 Å². The van der Waals surface area contributed by atoms with Gasteiger partial charge in [-0.2, -0.15) is 0 Å². The Kier molecular flexibility index (Phi) is 3.77. The first-order valence-corrected chi connectivity index (χ1v) is 6.07. The fourth-order valence-corrected chi connectivity index (χ4v) is 1.83. The predicted molar refractivity (Wildman–Crippen MR) is 72.7 cm³/mol. The molecule has 0 radical (unpaired) electrons. The largest absolute Gasteiger partial charge is 0.377 e. The number of hydrogen-bond acceptors (Lipinski definition) is 3. The number of pyridine rings is 2. The van der Waals surface area contributed by atoms with E-state index in [9.17, 15) is 4.79 Å². The Labute approximate surface area is 106 Å². The Bertz CT molecular complexity index is 563. The third-order valence-electron chi connectivity index (χ3n) is 2.89. The second-order valence-electron chi connectivity index (χ2n) is 4.19. The minimum atomic E-state index is 0.0251. The molecule has 0 saturated heterocycles. The molecule has 0 aliphatic rings. The van der Waals surface area contributed by atoms with Crippen LogP contribution in [-0.4, -0.2) is 9.55 Å². The first-order valence-electron chi connectivity index (χ1n) is 6.07. The SMILES string of the molecule is CCn1cc(NC(C)c2cccnc2)ccc1=O. The molecule has 0 aromatic carbocycles. The summed E-state index contributed by atoms with van der Waals surface area (Å²) in [7, 11) is 0. The molecule has 94 valence electrons. The molecule has 2 aromatic heterocycles. The van der Waals surface area contributed by atoms with Crippen LogP contribution in [0.15, 0.2) is 47.7 Å². The van der Waals surface area contributed by atoms with Crippen molar-refractivity contribution >= 4 is 5.69 Å². The normalized spacial score (nSPS) is 12.1. The van der Waals surface area contributed by atoms with Crippen LogP contribution in [0.2, 0.25) is 0 Å². The minimum absolute atomic E-state index is 0.0251. The molecule has 2 aromatic rings. The van der Waals surface area contributed by atoms with Crippen molar-refractivity contribution in [2.45, 2.75) is 26.4 Å². The summed E-state index contributed by atoms with van der Waals surface area (Å²) in [5.41, 5.74) is 2.08. The molecule has 0 bridgehead atoms. The number of rotatable bonds is 4. The summed E-state index contributed by atoms with van der Waals surface area (Å²) >= 11 is 0. The first-order chi connectivity index (χ1) is 8.70. The van der Waals surface area contributed by atoms with Crippen molar-refractivity contribution in [1.29, 1.82) is 0 Å². The number of nitrogens with one attached hydrogen (secondary N) is 1. The summed E-state index contributed by atoms with van der Waals surface area (Å²) in [5.74, 6) is 0. The van der Waals surface area contributed by atoms with Gasteiger partial charge in [0, 0.05) is 31.2 Å². The lowest BCUT2D eigenvalue weighted by atomic mass is 10.1. The summed E-state index contributed by atoms with van der Waals surface area (Å²) in [6.45, 7) is 4.70. The Morgan fingerprint density at radius 1 is 1.39 bits per heavy atom. The predicted octanol–water partition coefficient (Wildman–Crippen LogP) is 2.44. The molecule has 18 heavy (non-hydrogen) atoms. The number of hydrogen-bond donors (Lipinski definition) is 1. The standard InChI is InChI=1S/C14H17N3O/c1-3-17-10-13(6-7-14(17)18)16-11(2)12-5-4-8-15-9-12/h4-11,16H,3H2,1-2H3. The Hall–Kier alpha value is -2.10. The van der Waals surface area contributed by atoms with Gasteiger partial charge in [-0.25, -0.2) is 0 Å². The van der Waals surface area contributed by atoms with Crippen LogP contribution in [-0.2, 0) is 6.54 Å². The first kappa shape index (κ1) is 12.4. The molecule has 0 saturated carbocycles. The molecule has 0 amide bonds. The third-order valence-corrected chi connectivity index (χ3v) is 2.89. The van der Waals surface area contributed by atoms with Gasteiger partial charge in [0.05, 0.1) is 11.7 Å². The molecule has 0 fully saturated rings. The van der Waals surface area contributed by atoms with Crippen LogP contribution in [0.4, 0.5) is 5.69 Å². The highest BCUT2D eigenvalue weighted by Gasteiger charge is 2.05. The quantitative estimate of drug-likeness (QED) is 0.897. The molecule has 2 heterocycles.